The number of aliphatic hydroxyl groups is 1. The zero-order valence-corrected chi connectivity index (χ0v) is 9.87. The van der Waals surface area contributed by atoms with E-state index in [1.807, 2.05) is 0 Å². The highest BCUT2D eigenvalue weighted by molar-refractivity contribution is 7.90. The number of hydrogen-bond donors (Lipinski definition) is 3. The van der Waals surface area contributed by atoms with Crippen LogP contribution in [0.1, 0.15) is 0 Å². The standard InChI is InChI=1S/C10H16N2O3S/c1-16(14,15)10-4-2-8(3-5-10)12-7-9(13)6-11/h2-5,9,12-13H,6-7,11H2,1H3. The number of anilines is 1. The molecule has 0 aliphatic carbocycles. The van der Waals surface area contributed by atoms with Crippen molar-refractivity contribution in [2.45, 2.75) is 11.0 Å². The summed E-state index contributed by atoms with van der Waals surface area (Å²) in [6.45, 7) is 0.531. The van der Waals surface area contributed by atoms with Gasteiger partial charge in [0.1, 0.15) is 0 Å². The van der Waals surface area contributed by atoms with Gasteiger partial charge in [-0.15, -0.1) is 0 Å². The first-order valence-corrected chi connectivity index (χ1v) is 6.74. The van der Waals surface area contributed by atoms with Crippen LogP contribution < -0.4 is 11.1 Å². The molecule has 1 unspecified atom stereocenters. The summed E-state index contributed by atoms with van der Waals surface area (Å²) < 4.78 is 22.4. The zero-order chi connectivity index (χ0) is 12.2. The van der Waals surface area contributed by atoms with Crippen LogP contribution in [0.25, 0.3) is 0 Å². The number of nitrogens with two attached hydrogens (primary N) is 1. The van der Waals surface area contributed by atoms with Crippen LogP contribution in [0.4, 0.5) is 5.69 Å². The largest absolute Gasteiger partial charge is 0.390 e. The summed E-state index contributed by atoms with van der Waals surface area (Å²) in [7, 11) is -3.15. The molecule has 0 radical (unpaired) electrons. The molecule has 0 bridgehead atoms. The first-order valence-electron chi connectivity index (χ1n) is 4.85. The molecule has 1 aromatic carbocycles. The van der Waals surface area contributed by atoms with Gasteiger partial charge in [-0.2, -0.15) is 0 Å². The van der Waals surface area contributed by atoms with Crippen molar-refractivity contribution >= 4 is 15.5 Å². The molecule has 0 aromatic heterocycles. The fourth-order valence-electron chi connectivity index (χ4n) is 1.14. The van der Waals surface area contributed by atoms with E-state index in [4.69, 9.17) is 5.73 Å². The lowest BCUT2D eigenvalue weighted by molar-refractivity contribution is 0.196. The first-order chi connectivity index (χ1) is 7.43. The number of rotatable bonds is 5. The monoisotopic (exact) mass is 244 g/mol. The average molecular weight is 244 g/mol. The predicted octanol–water partition coefficient (Wildman–Crippen LogP) is -0.178. The van der Waals surface area contributed by atoms with E-state index in [2.05, 4.69) is 5.32 Å². The Kier molecular flexibility index (Phi) is 4.28. The van der Waals surface area contributed by atoms with Crippen molar-refractivity contribution in [2.75, 3.05) is 24.7 Å². The van der Waals surface area contributed by atoms with Crippen LogP contribution in [0.5, 0.6) is 0 Å². The second kappa shape index (κ2) is 5.29. The molecular weight excluding hydrogens is 228 g/mol. The lowest BCUT2D eigenvalue weighted by Gasteiger charge is -2.10. The minimum absolute atomic E-state index is 0.189. The van der Waals surface area contributed by atoms with Gasteiger partial charge in [-0.1, -0.05) is 0 Å². The van der Waals surface area contributed by atoms with E-state index in [0.717, 1.165) is 11.9 Å². The molecule has 0 spiro atoms. The molecule has 0 fully saturated rings. The second-order valence-corrected chi connectivity index (χ2v) is 5.58. The van der Waals surface area contributed by atoms with Gasteiger partial charge in [-0.25, -0.2) is 8.42 Å². The summed E-state index contributed by atoms with van der Waals surface area (Å²) in [4.78, 5) is 0.275. The van der Waals surface area contributed by atoms with Crippen LogP contribution >= 0.6 is 0 Å². The first kappa shape index (κ1) is 13.0. The van der Waals surface area contributed by atoms with Gasteiger partial charge in [-0.05, 0) is 24.3 Å². The van der Waals surface area contributed by atoms with Crippen LogP contribution in [-0.4, -0.2) is 39.0 Å². The molecule has 6 heteroatoms. The van der Waals surface area contributed by atoms with Gasteiger partial charge >= 0.3 is 0 Å². The van der Waals surface area contributed by atoms with Crippen molar-refractivity contribution in [1.29, 1.82) is 0 Å². The quantitative estimate of drug-likeness (QED) is 0.668. The minimum Gasteiger partial charge on any atom is -0.390 e. The van der Waals surface area contributed by atoms with E-state index < -0.39 is 15.9 Å². The summed E-state index contributed by atoms with van der Waals surface area (Å²) in [5.41, 5.74) is 6.00. The predicted molar refractivity (Wildman–Crippen MR) is 63.1 cm³/mol. The highest BCUT2D eigenvalue weighted by Crippen LogP contribution is 2.13. The topological polar surface area (TPSA) is 92.4 Å². The second-order valence-electron chi connectivity index (χ2n) is 3.57. The Labute approximate surface area is 95.2 Å². The summed E-state index contributed by atoms with van der Waals surface area (Å²) in [6, 6.07) is 6.35. The summed E-state index contributed by atoms with van der Waals surface area (Å²) >= 11 is 0. The van der Waals surface area contributed by atoms with Crippen LogP contribution in [0.2, 0.25) is 0 Å². The molecule has 16 heavy (non-hydrogen) atoms. The van der Waals surface area contributed by atoms with Crippen LogP contribution in [0.15, 0.2) is 29.2 Å². The molecule has 0 aliphatic heterocycles. The summed E-state index contributed by atoms with van der Waals surface area (Å²) in [5, 5.41) is 12.2. The van der Waals surface area contributed by atoms with Crippen molar-refractivity contribution < 1.29 is 13.5 Å². The Hall–Kier alpha value is -1.11. The SMILES string of the molecule is CS(=O)(=O)c1ccc(NCC(O)CN)cc1. The Morgan fingerprint density at radius 1 is 1.38 bits per heavy atom. The van der Waals surface area contributed by atoms with Gasteiger partial charge in [0.15, 0.2) is 9.84 Å². The molecule has 0 heterocycles. The molecule has 1 rings (SSSR count). The Bertz CT molecular complexity index is 428. The number of sulfone groups is 1. The van der Waals surface area contributed by atoms with Crippen LogP contribution in [0, 0.1) is 0 Å². The lowest BCUT2D eigenvalue weighted by Crippen LogP contribution is -2.27. The van der Waals surface area contributed by atoms with Gasteiger partial charge < -0.3 is 16.2 Å². The Morgan fingerprint density at radius 2 is 1.94 bits per heavy atom. The average Bonchev–Trinajstić information content (AvgIpc) is 2.25. The molecule has 4 N–H and O–H groups in total. The van der Waals surface area contributed by atoms with Gasteiger partial charge in [0.05, 0.1) is 11.0 Å². The highest BCUT2D eigenvalue weighted by atomic mass is 32.2. The summed E-state index contributed by atoms with van der Waals surface area (Å²) in [6.07, 6.45) is 0.558. The van der Waals surface area contributed by atoms with Crippen molar-refractivity contribution in [1.82, 2.24) is 0 Å². The third-order valence-electron chi connectivity index (χ3n) is 2.10. The van der Waals surface area contributed by atoms with E-state index in [0.29, 0.717) is 6.54 Å². The van der Waals surface area contributed by atoms with Gasteiger partial charge in [0.2, 0.25) is 0 Å². The van der Waals surface area contributed by atoms with Crippen LogP contribution in [0.3, 0.4) is 0 Å². The fraction of sp³-hybridized carbons (Fsp3) is 0.400. The molecule has 5 nitrogen and oxygen atoms in total. The van der Waals surface area contributed by atoms with Crippen molar-refractivity contribution in [3.63, 3.8) is 0 Å². The van der Waals surface area contributed by atoms with E-state index in [9.17, 15) is 13.5 Å². The molecule has 1 aromatic rings. The fourth-order valence-corrected chi connectivity index (χ4v) is 1.77. The van der Waals surface area contributed by atoms with Crippen LogP contribution in [-0.2, 0) is 9.84 Å². The van der Waals surface area contributed by atoms with E-state index in [1.54, 1.807) is 12.1 Å². The maximum Gasteiger partial charge on any atom is 0.175 e. The molecule has 0 amide bonds. The smallest absolute Gasteiger partial charge is 0.175 e. The van der Waals surface area contributed by atoms with Crippen molar-refractivity contribution in [3.05, 3.63) is 24.3 Å². The van der Waals surface area contributed by atoms with E-state index in [1.165, 1.54) is 12.1 Å². The number of nitrogens with one attached hydrogen (secondary N) is 1. The molecule has 1 atom stereocenters. The van der Waals surface area contributed by atoms with Gasteiger partial charge in [0, 0.05) is 25.0 Å². The Morgan fingerprint density at radius 3 is 2.38 bits per heavy atom. The number of benzene rings is 1. The minimum atomic E-state index is -3.15. The van der Waals surface area contributed by atoms with E-state index >= 15 is 0 Å². The maximum absolute atomic E-state index is 11.2. The van der Waals surface area contributed by atoms with Crippen molar-refractivity contribution in [3.8, 4) is 0 Å². The Balaban J connectivity index is 2.66. The molecule has 0 saturated carbocycles. The third kappa shape index (κ3) is 3.80. The normalized spacial score (nSPS) is 13.4. The lowest BCUT2D eigenvalue weighted by atomic mass is 10.3. The maximum atomic E-state index is 11.2. The third-order valence-corrected chi connectivity index (χ3v) is 3.22. The number of hydrogen-bond acceptors (Lipinski definition) is 5. The summed E-state index contributed by atoms with van der Waals surface area (Å²) in [5.74, 6) is 0. The van der Waals surface area contributed by atoms with E-state index in [-0.39, 0.29) is 11.4 Å². The van der Waals surface area contributed by atoms with Gasteiger partial charge in [-0.3, -0.25) is 0 Å². The molecule has 0 aliphatic rings. The molecule has 90 valence electrons. The number of aliphatic hydroxyl groups excluding tert-OH is 1. The molecule has 0 saturated heterocycles. The zero-order valence-electron chi connectivity index (χ0n) is 9.05. The highest BCUT2D eigenvalue weighted by Gasteiger charge is 2.06. The molecular formula is C10H16N2O3S. The van der Waals surface area contributed by atoms with Crippen molar-refractivity contribution in [2.24, 2.45) is 5.73 Å². The van der Waals surface area contributed by atoms with Gasteiger partial charge in [0.25, 0.3) is 0 Å².